The first kappa shape index (κ1) is 26.4. The fraction of sp³-hybridized carbons (Fsp3) is 0.870. The van der Waals surface area contributed by atoms with Crippen LogP contribution in [0.3, 0.4) is 0 Å². The maximum absolute atomic E-state index is 12.0. The number of hydrogen-bond acceptors (Lipinski definition) is 6. The van der Waals surface area contributed by atoms with Crippen molar-refractivity contribution in [1.29, 1.82) is 0 Å². The van der Waals surface area contributed by atoms with Gasteiger partial charge in [0.25, 0.3) is 0 Å². The smallest absolute Gasteiger partial charge is 0.407 e. The summed E-state index contributed by atoms with van der Waals surface area (Å²) in [5.74, 6) is 0.369. The maximum atomic E-state index is 12.0. The van der Waals surface area contributed by atoms with Gasteiger partial charge in [-0.15, -0.1) is 0 Å². The minimum absolute atomic E-state index is 0.0351. The molecular weight excluding hydrogens is 414 g/mol. The number of ether oxygens (including phenoxy) is 2. The third-order valence-electron chi connectivity index (χ3n) is 6.10. The van der Waals surface area contributed by atoms with Crippen LogP contribution in [0.2, 0.25) is 0 Å². The van der Waals surface area contributed by atoms with E-state index in [1.54, 1.807) is 44.7 Å². The monoisotopic (exact) mass is 455 g/mol. The molecule has 3 fully saturated rings. The topological polar surface area (TPSA) is 112 Å². The highest BCUT2D eigenvalue weighted by molar-refractivity contribution is 5.79. The van der Waals surface area contributed by atoms with Crippen molar-refractivity contribution in [3.63, 3.8) is 0 Å². The van der Waals surface area contributed by atoms with Crippen molar-refractivity contribution < 1.29 is 29.0 Å². The summed E-state index contributed by atoms with van der Waals surface area (Å²) in [6.45, 7) is 5.34. The number of nitrogens with zero attached hydrogens (tertiary/aromatic N) is 2. The predicted octanol–water partition coefficient (Wildman–Crippen LogP) is 1.77. The summed E-state index contributed by atoms with van der Waals surface area (Å²) in [7, 11) is 7.07. The van der Waals surface area contributed by atoms with Gasteiger partial charge in [-0.2, -0.15) is 0 Å². The lowest BCUT2D eigenvalue weighted by Crippen LogP contribution is -2.50. The normalized spacial score (nSPS) is 31.2. The molecule has 6 atom stereocenters. The molecule has 0 aromatic rings. The van der Waals surface area contributed by atoms with E-state index < -0.39 is 23.8 Å². The lowest BCUT2D eigenvalue weighted by molar-refractivity contribution is -0.135. The molecule has 2 aliphatic carbocycles. The zero-order valence-corrected chi connectivity index (χ0v) is 20.6. The van der Waals surface area contributed by atoms with Gasteiger partial charge in [0.15, 0.2) is 0 Å². The van der Waals surface area contributed by atoms with Crippen molar-refractivity contribution in [1.82, 2.24) is 15.1 Å². The van der Waals surface area contributed by atoms with Crippen molar-refractivity contribution in [3.05, 3.63) is 0 Å². The Labute approximate surface area is 191 Å². The van der Waals surface area contributed by atoms with Gasteiger partial charge in [0, 0.05) is 40.0 Å². The molecule has 2 saturated carbocycles. The van der Waals surface area contributed by atoms with E-state index in [0.717, 1.165) is 19.3 Å². The summed E-state index contributed by atoms with van der Waals surface area (Å²) in [4.78, 5) is 38.5. The zero-order valence-electron chi connectivity index (χ0n) is 20.6. The van der Waals surface area contributed by atoms with E-state index in [1.165, 1.54) is 0 Å². The number of aliphatic hydroxyl groups excluding tert-OH is 1. The molecule has 0 aromatic carbocycles. The molecule has 3 rings (SSSR count). The second-order valence-corrected chi connectivity index (χ2v) is 10.5. The van der Waals surface area contributed by atoms with Gasteiger partial charge in [-0.25, -0.2) is 4.79 Å². The fourth-order valence-corrected chi connectivity index (χ4v) is 4.35. The first-order chi connectivity index (χ1) is 14.8. The van der Waals surface area contributed by atoms with Gasteiger partial charge in [0.2, 0.25) is 11.8 Å². The molecule has 0 bridgehead atoms. The highest BCUT2D eigenvalue weighted by Crippen LogP contribution is 2.39. The molecule has 9 heteroatoms. The van der Waals surface area contributed by atoms with Crippen LogP contribution in [0.15, 0.2) is 0 Å². The number of nitrogens with one attached hydrogen (secondary N) is 1. The Morgan fingerprint density at radius 1 is 0.875 bits per heavy atom. The summed E-state index contributed by atoms with van der Waals surface area (Å²) in [6.07, 6.45) is 4.35. The van der Waals surface area contributed by atoms with Crippen molar-refractivity contribution >= 4 is 17.9 Å². The molecule has 9 nitrogen and oxygen atoms in total. The average Bonchev–Trinajstić information content (AvgIpc) is 3.46. The van der Waals surface area contributed by atoms with Crippen LogP contribution in [0, 0.1) is 11.8 Å². The Hall–Kier alpha value is -1.87. The summed E-state index contributed by atoms with van der Waals surface area (Å²) in [5, 5.41) is 12.6. The van der Waals surface area contributed by atoms with E-state index in [4.69, 9.17) is 9.47 Å². The number of hydrogen-bond donors (Lipinski definition) is 2. The van der Waals surface area contributed by atoms with E-state index in [0.29, 0.717) is 31.5 Å². The zero-order chi connectivity index (χ0) is 24.2. The summed E-state index contributed by atoms with van der Waals surface area (Å²) < 4.78 is 10.5. The van der Waals surface area contributed by atoms with E-state index in [-0.39, 0.29) is 23.7 Å². The van der Waals surface area contributed by atoms with Gasteiger partial charge in [-0.05, 0) is 59.3 Å². The van der Waals surface area contributed by atoms with Gasteiger partial charge in [0.1, 0.15) is 5.60 Å². The Balaban J connectivity index is 0.000000255. The van der Waals surface area contributed by atoms with Crippen molar-refractivity contribution in [3.8, 4) is 0 Å². The van der Waals surface area contributed by atoms with Crippen LogP contribution in [0.4, 0.5) is 4.79 Å². The van der Waals surface area contributed by atoms with Crippen LogP contribution in [0.5, 0.6) is 0 Å². The second kappa shape index (κ2) is 10.8. The van der Waals surface area contributed by atoms with Gasteiger partial charge in [-0.1, -0.05) is 0 Å². The van der Waals surface area contributed by atoms with Gasteiger partial charge in [0.05, 0.1) is 24.4 Å². The van der Waals surface area contributed by atoms with Gasteiger partial charge >= 0.3 is 6.09 Å². The first-order valence-electron chi connectivity index (χ1n) is 11.5. The molecule has 1 heterocycles. The summed E-state index contributed by atoms with van der Waals surface area (Å²) in [5.41, 5.74) is -0.581. The minimum atomic E-state index is -0.631. The third-order valence-corrected chi connectivity index (χ3v) is 6.10. The van der Waals surface area contributed by atoms with E-state index in [2.05, 4.69) is 5.32 Å². The van der Waals surface area contributed by atoms with Crippen LogP contribution >= 0.6 is 0 Å². The molecule has 0 aromatic heterocycles. The molecule has 0 radical (unpaired) electrons. The molecule has 0 spiro atoms. The Kier molecular flexibility index (Phi) is 8.93. The van der Waals surface area contributed by atoms with Crippen LogP contribution in [-0.2, 0) is 19.1 Å². The quantitative estimate of drug-likeness (QED) is 0.628. The number of rotatable bonds is 3. The lowest BCUT2D eigenvalue weighted by atomic mass is 9.83. The predicted molar refractivity (Wildman–Crippen MR) is 120 cm³/mol. The highest BCUT2D eigenvalue weighted by atomic mass is 16.6. The lowest BCUT2D eigenvalue weighted by Gasteiger charge is -2.34. The SMILES string of the molecule is CN(C)C(=O)[C@H]1CC[C@@H](O)[C@H](NC(=O)OC(C)(C)C)C1.CN(C)C(=O)[C@H]1CC[C@H]2O[C@H]2C1. The number of aliphatic hydroxyl groups is 1. The molecule has 1 aliphatic heterocycles. The van der Waals surface area contributed by atoms with E-state index in [9.17, 15) is 19.5 Å². The number of amides is 3. The maximum Gasteiger partial charge on any atom is 0.407 e. The first-order valence-corrected chi connectivity index (χ1v) is 11.5. The number of carbonyl (C=O) groups is 3. The molecule has 184 valence electrons. The van der Waals surface area contributed by atoms with Crippen LogP contribution in [-0.4, -0.2) is 91.0 Å². The molecule has 32 heavy (non-hydrogen) atoms. The fourth-order valence-electron chi connectivity index (χ4n) is 4.35. The van der Waals surface area contributed by atoms with E-state index in [1.807, 2.05) is 14.1 Å². The molecule has 1 saturated heterocycles. The third kappa shape index (κ3) is 7.92. The van der Waals surface area contributed by atoms with Crippen LogP contribution in [0.1, 0.15) is 59.3 Å². The standard InChI is InChI=1S/C14H26N2O4.C9H15NO2/c1-14(2,3)20-13(19)15-10-8-9(6-7-11(10)17)12(18)16(4)5;1-10(2)9(11)6-3-4-7-8(5-6)12-7/h9-11,17H,6-8H2,1-5H3,(H,15,19);6-8H,3-5H2,1-2H3/t9-,10+,11+;6-,7+,8-/m00/s1. The summed E-state index contributed by atoms with van der Waals surface area (Å²) in [6, 6.07) is -0.438. The number of carbonyl (C=O) groups excluding carboxylic acids is 3. The molecule has 3 amide bonds. The minimum Gasteiger partial charge on any atom is -0.444 e. The number of alkyl carbamates (subject to hydrolysis) is 1. The Morgan fingerprint density at radius 2 is 1.41 bits per heavy atom. The highest BCUT2D eigenvalue weighted by Gasteiger charge is 2.45. The molecule has 2 N–H and O–H groups in total. The van der Waals surface area contributed by atoms with E-state index >= 15 is 0 Å². The Bertz CT molecular complexity index is 675. The molecule has 3 aliphatic rings. The summed E-state index contributed by atoms with van der Waals surface area (Å²) >= 11 is 0. The van der Waals surface area contributed by atoms with Crippen LogP contribution in [0.25, 0.3) is 0 Å². The number of fused-ring (bicyclic) bond motifs is 1. The largest absolute Gasteiger partial charge is 0.444 e. The Morgan fingerprint density at radius 3 is 1.91 bits per heavy atom. The van der Waals surface area contributed by atoms with Crippen molar-refractivity contribution in [2.24, 2.45) is 11.8 Å². The second-order valence-electron chi connectivity index (χ2n) is 10.5. The van der Waals surface area contributed by atoms with Gasteiger partial charge < -0.3 is 29.7 Å². The van der Waals surface area contributed by atoms with Crippen molar-refractivity contribution in [2.75, 3.05) is 28.2 Å². The van der Waals surface area contributed by atoms with Gasteiger partial charge in [-0.3, -0.25) is 9.59 Å². The van der Waals surface area contributed by atoms with Crippen LogP contribution < -0.4 is 5.32 Å². The average molecular weight is 456 g/mol. The molecular formula is C23H41N3O6. The number of epoxide rings is 1. The van der Waals surface area contributed by atoms with Crippen molar-refractivity contribution in [2.45, 2.75) is 89.3 Å². The molecule has 0 unspecified atom stereocenters.